The van der Waals surface area contributed by atoms with Gasteiger partial charge in [0.1, 0.15) is 18.2 Å². The number of carbonyl (C=O) groups is 4. The molecule has 1 aromatic heterocycles. The topological polar surface area (TPSA) is 176 Å². The zero-order valence-electron chi connectivity index (χ0n) is 33.0. The van der Waals surface area contributed by atoms with Crippen LogP contribution in [0.1, 0.15) is 76.0 Å². The van der Waals surface area contributed by atoms with Gasteiger partial charge in [0.25, 0.3) is 0 Å². The molecule has 0 spiro atoms. The van der Waals surface area contributed by atoms with Crippen molar-refractivity contribution in [1.82, 2.24) is 9.88 Å². The lowest BCUT2D eigenvalue weighted by Crippen LogP contribution is -2.61. The van der Waals surface area contributed by atoms with Crippen molar-refractivity contribution in [3.8, 4) is 0 Å². The number of rotatable bonds is 12. The summed E-state index contributed by atoms with van der Waals surface area (Å²) in [5.41, 5.74) is 0.191. The average Bonchev–Trinajstić information content (AvgIpc) is 3.45. The van der Waals surface area contributed by atoms with Gasteiger partial charge in [0.05, 0.1) is 25.0 Å². The molecule has 3 fully saturated rings. The number of likely N-dealkylation sites (N-methyl/N-ethyl adjacent to an activating group) is 1. The van der Waals surface area contributed by atoms with Crippen LogP contribution in [0, 0.1) is 28.6 Å². The van der Waals surface area contributed by atoms with Gasteiger partial charge in [-0.3, -0.25) is 29.1 Å². The first kappa shape index (κ1) is 40.4. The van der Waals surface area contributed by atoms with Crippen LogP contribution in [0.2, 0.25) is 0 Å². The number of benzene rings is 2. The molecule has 0 bridgehead atoms. The number of aliphatic hydroxyl groups is 3. The van der Waals surface area contributed by atoms with Crippen molar-refractivity contribution in [2.24, 2.45) is 28.6 Å². The number of ketones is 1. The van der Waals surface area contributed by atoms with E-state index in [1.807, 2.05) is 74.5 Å². The van der Waals surface area contributed by atoms with Crippen molar-refractivity contribution in [2.75, 3.05) is 26.0 Å². The third-order valence-corrected chi connectivity index (χ3v) is 13.5. The predicted molar refractivity (Wildman–Crippen MR) is 212 cm³/mol. The Morgan fingerprint density at radius 1 is 0.965 bits per heavy atom. The van der Waals surface area contributed by atoms with Gasteiger partial charge in [0.15, 0.2) is 6.61 Å². The number of nitrogens with one attached hydrogen (secondary N) is 1. The van der Waals surface area contributed by atoms with Gasteiger partial charge < -0.3 is 30.1 Å². The summed E-state index contributed by atoms with van der Waals surface area (Å²) in [5, 5.41) is 38.7. The van der Waals surface area contributed by atoms with Crippen LogP contribution in [0.4, 0.5) is 5.69 Å². The molecule has 12 nitrogen and oxygen atoms in total. The van der Waals surface area contributed by atoms with Crippen LogP contribution in [-0.4, -0.2) is 87.3 Å². The molecule has 1 amide bonds. The molecule has 0 aliphatic heterocycles. The van der Waals surface area contributed by atoms with Gasteiger partial charge >= 0.3 is 11.9 Å². The molecule has 3 saturated carbocycles. The van der Waals surface area contributed by atoms with E-state index in [2.05, 4.69) is 17.2 Å². The van der Waals surface area contributed by atoms with Gasteiger partial charge in [-0.15, -0.1) is 0 Å². The van der Waals surface area contributed by atoms with E-state index in [1.54, 1.807) is 30.6 Å². The third-order valence-electron chi connectivity index (χ3n) is 13.5. The van der Waals surface area contributed by atoms with Crippen LogP contribution >= 0.6 is 0 Å². The van der Waals surface area contributed by atoms with Gasteiger partial charge in [-0.05, 0) is 92.7 Å². The minimum absolute atomic E-state index is 0.00613. The van der Waals surface area contributed by atoms with E-state index in [-0.39, 0.29) is 56.0 Å². The van der Waals surface area contributed by atoms with Crippen LogP contribution in [-0.2, 0) is 35.3 Å². The summed E-state index contributed by atoms with van der Waals surface area (Å²) in [7, 11) is 3.64. The molecule has 0 radical (unpaired) electrons. The lowest BCUT2D eigenvalue weighted by Gasteiger charge is -2.59. The fourth-order valence-electron chi connectivity index (χ4n) is 10.5. The van der Waals surface area contributed by atoms with Gasteiger partial charge in [-0.2, -0.15) is 0 Å². The number of anilines is 1. The molecular formula is C45H53N3O9. The van der Waals surface area contributed by atoms with E-state index in [9.17, 15) is 34.5 Å². The van der Waals surface area contributed by atoms with Crippen LogP contribution < -0.4 is 5.32 Å². The summed E-state index contributed by atoms with van der Waals surface area (Å²) in [6, 6.07) is 14.1. The lowest BCUT2D eigenvalue weighted by atomic mass is 9.46. The van der Waals surface area contributed by atoms with Crippen LogP contribution in [0.25, 0.3) is 10.8 Å². The van der Waals surface area contributed by atoms with Crippen molar-refractivity contribution >= 4 is 40.1 Å². The fraction of sp³-hybridized carbons (Fsp3) is 0.489. The molecular weight excluding hydrogens is 727 g/mol. The molecule has 2 aromatic carbocycles. The number of ether oxygens (including phenoxy) is 2. The van der Waals surface area contributed by atoms with Crippen LogP contribution in [0.5, 0.6) is 0 Å². The highest BCUT2D eigenvalue weighted by Gasteiger charge is 2.68. The number of hydrogen-bond donors (Lipinski definition) is 4. The first-order chi connectivity index (χ1) is 27.1. The van der Waals surface area contributed by atoms with E-state index < -0.39 is 59.0 Å². The van der Waals surface area contributed by atoms with E-state index in [4.69, 9.17) is 9.47 Å². The maximum absolute atomic E-state index is 13.6. The summed E-state index contributed by atoms with van der Waals surface area (Å²) >= 11 is 0. The van der Waals surface area contributed by atoms with E-state index in [0.29, 0.717) is 17.7 Å². The predicted octanol–water partition coefficient (Wildman–Crippen LogP) is 5.21. The standard InChI is InChI=1S/C45H53N3O9/c1-43-18-15-33(49)22-31(43)10-12-34-35-16-19-45(55,44(35,2)23-36(50)40(34)43)37(51)26-57-39(53)14-13-38(52)56-25-27-5-7-28(8-6-27)41(48(3)4)42(54)47-32-11-9-30-24-46-20-17-29(30)21-32/h5-9,11,15,17-18,20-22,24,33-36,40-41,49-50,55H,10,12-14,16,19,23,25-26H2,1-4H3,(H,47,54)/t33?,34-,35-,36-,40+,41?,43-,44-,45-/m0/s1. The number of Topliss-reactive ketones (excluding diaryl/α,β-unsaturated/α-hetero) is 1. The number of hydrogen-bond acceptors (Lipinski definition) is 11. The number of nitrogens with zero attached hydrogens (tertiary/aromatic N) is 2. The number of allylic oxidation sites excluding steroid dienone is 2. The number of fused-ring (bicyclic) bond motifs is 6. The molecule has 57 heavy (non-hydrogen) atoms. The molecule has 12 heteroatoms. The van der Waals surface area contributed by atoms with Crippen molar-refractivity contribution < 1.29 is 44.0 Å². The second-order valence-corrected chi connectivity index (χ2v) is 17.0. The summed E-state index contributed by atoms with van der Waals surface area (Å²) < 4.78 is 10.7. The monoisotopic (exact) mass is 779 g/mol. The summed E-state index contributed by atoms with van der Waals surface area (Å²) in [6.07, 6.45) is 9.85. The second kappa shape index (κ2) is 15.9. The Bertz CT molecular complexity index is 2100. The van der Waals surface area contributed by atoms with E-state index in [1.165, 1.54) is 0 Å². The Labute approximate surface area is 333 Å². The Morgan fingerprint density at radius 2 is 1.70 bits per heavy atom. The zero-order chi connectivity index (χ0) is 40.7. The normalized spacial score (nSPS) is 30.7. The minimum atomic E-state index is -1.76. The molecule has 4 aliphatic carbocycles. The number of pyridine rings is 1. The Hall–Kier alpha value is -4.75. The van der Waals surface area contributed by atoms with Crippen LogP contribution in [0.15, 0.2) is 84.7 Å². The SMILES string of the molecule is CN(C)C(C(=O)Nc1ccc2cnccc2c1)c1ccc(COC(=O)CCC(=O)OCC(=O)[C@@]2(O)CC[C@H]3[C@@H]4CCC5=CC(O)C=C[C@]5(C)[C@H]4[C@@H](O)C[C@@]32C)cc1. The first-order valence-corrected chi connectivity index (χ1v) is 19.9. The number of amides is 1. The maximum atomic E-state index is 13.6. The van der Waals surface area contributed by atoms with Gasteiger partial charge in [0, 0.05) is 40.2 Å². The highest BCUT2D eigenvalue weighted by Crippen LogP contribution is 2.67. The second-order valence-electron chi connectivity index (χ2n) is 17.0. The fourth-order valence-corrected chi connectivity index (χ4v) is 10.5. The zero-order valence-corrected chi connectivity index (χ0v) is 33.0. The Morgan fingerprint density at radius 3 is 2.44 bits per heavy atom. The molecule has 4 aliphatic rings. The highest BCUT2D eigenvalue weighted by atomic mass is 16.5. The Balaban J connectivity index is 0.873. The first-order valence-electron chi connectivity index (χ1n) is 19.9. The number of esters is 2. The lowest BCUT2D eigenvalue weighted by molar-refractivity contribution is -0.181. The number of aliphatic hydroxyl groups excluding tert-OH is 2. The van der Waals surface area contributed by atoms with Crippen molar-refractivity contribution in [3.05, 3.63) is 95.9 Å². The Kier molecular flexibility index (Phi) is 11.3. The molecule has 4 N–H and O–H groups in total. The summed E-state index contributed by atoms with van der Waals surface area (Å²) in [5.74, 6) is -2.19. The quantitative estimate of drug-likeness (QED) is 0.140. The van der Waals surface area contributed by atoms with Gasteiger partial charge in [-0.25, -0.2) is 0 Å². The van der Waals surface area contributed by atoms with Crippen molar-refractivity contribution in [2.45, 2.75) is 89.3 Å². The molecule has 3 aromatic rings. The van der Waals surface area contributed by atoms with E-state index in [0.717, 1.165) is 34.8 Å². The molecule has 2 unspecified atom stereocenters. The maximum Gasteiger partial charge on any atom is 0.306 e. The summed E-state index contributed by atoms with van der Waals surface area (Å²) in [4.78, 5) is 58.1. The molecule has 7 rings (SSSR count). The summed E-state index contributed by atoms with van der Waals surface area (Å²) in [6.45, 7) is 3.33. The smallest absolute Gasteiger partial charge is 0.306 e. The van der Waals surface area contributed by atoms with Gasteiger partial charge in [0.2, 0.25) is 11.7 Å². The highest BCUT2D eigenvalue weighted by molar-refractivity contribution is 5.97. The van der Waals surface area contributed by atoms with E-state index >= 15 is 0 Å². The molecule has 0 saturated heterocycles. The molecule has 1 heterocycles. The van der Waals surface area contributed by atoms with Crippen LogP contribution in [0.3, 0.4) is 0 Å². The average molecular weight is 780 g/mol. The molecule has 9 atom stereocenters. The van der Waals surface area contributed by atoms with Gasteiger partial charge in [-0.1, -0.05) is 68.0 Å². The number of carbonyl (C=O) groups excluding carboxylic acids is 4. The minimum Gasteiger partial charge on any atom is -0.461 e. The largest absolute Gasteiger partial charge is 0.461 e. The van der Waals surface area contributed by atoms with Crippen molar-refractivity contribution in [3.63, 3.8) is 0 Å². The third kappa shape index (κ3) is 7.68. The number of aromatic nitrogens is 1. The van der Waals surface area contributed by atoms with Crippen molar-refractivity contribution in [1.29, 1.82) is 0 Å². The molecule has 302 valence electrons.